The van der Waals surface area contributed by atoms with Gasteiger partial charge in [0.05, 0.1) is 0 Å². The van der Waals surface area contributed by atoms with E-state index in [-0.39, 0.29) is 25.0 Å². The first kappa shape index (κ1) is 15.4. The Bertz CT molecular complexity index is 398. The van der Waals surface area contributed by atoms with Gasteiger partial charge in [-0.25, -0.2) is 4.39 Å². The second kappa shape index (κ2) is 8.48. The van der Waals surface area contributed by atoms with Gasteiger partial charge in [-0.15, -0.1) is 0 Å². The fourth-order valence-electron chi connectivity index (χ4n) is 1.65. The van der Waals surface area contributed by atoms with Gasteiger partial charge in [0.15, 0.2) is 6.61 Å². The number of hydrogen-bond donors (Lipinski definition) is 2. The molecule has 1 unspecified atom stereocenters. The molecule has 0 heterocycles. The Labute approximate surface area is 112 Å². The van der Waals surface area contributed by atoms with Gasteiger partial charge in [-0.05, 0) is 24.5 Å². The number of carbonyl (C=O) groups is 1. The van der Waals surface area contributed by atoms with Crippen LogP contribution in [0.2, 0.25) is 0 Å². The number of halogens is 1. The molecule has 1 amide bonds. The van der Waals surface area contributed by atoms with Crippen LogP contribution in [-0.4, -0.2) is 30.8 Å². The molecule has 19 heavy (non-hydrogen) atoms. The van der Waals surface area contributed by atoms with Gasteiger partial charge in [0.2, 0.25) is 0 Å². The fraction of sp³-hybridized carbons (Fsp3) is 0.500. The third-order valence-electron chi connectivity index (χ3n) is 2.87. The first-order valence-corrected chi connectivity index (χ1v) is 6.41. The number of rotatable bonds is 8. The summed E-state index contributed by atoms with van der Waals surface area (Å²) in [7, 11) is 0. The van der Waals surface area contributed by atoms with Crippen LogP contribution in [0.3, 0.4) is 0 Å². The van der Waals surface area contributed by atoms with Crippen LogP contribution in [0.4, 0.5) is 4.39 Å². The van der Waals surface area contributed by atoms with Crippen LogP contribution in [-0.2, 0) is 4.79 Å². The number of aliphatic hydroxyl groups is 1. The van der Waals surface area contributed by atoms with E-state index in [2.05, 4.69) is 5.32 Å². The van der Waals surface area contributed by atoms with Crippen molar-refractivity contribution in [3.63, 3.8) is 0 Å². The maximum absolute atomic E-state index is 12.9. The molecule has 2 N–H and O–H groups in total. The zero-order chi connectivity index (χ0) is 14.1. The number of nitrogens with one attached hydrogen (secondary N) is 1. The van der Waals surface area contributed by atoms with Gasteiger partial charge in [-0.2, -0.15) is 0 Å². The van der Waals surface area contributed by atoms with E-state index in [1.807, 2.05) is 6.92 Å². The van der Waals surface area contributed by atoms with Crippen molar-refractivity contribution in [2.24, 2.45) is 5.92 Å². The molecule has 1 aromatic rings. The summed E-state index contributed by atoms with van der Waals surface area (Å²) in [5, 5.41) is 11.6. The lowest BCUT2D eigenvalue weighted by molar-refractivity contribution is -0.123. The molecular weight excluding hydrogens is 249 g/mol. The molecule has 0 bridgehead atoms. The number of aliphatic hydroxyl groups excluding tert-OH is 1. The lowest BCUT2D eigenvalue weighted by atomic mass is 10.0. The molecule has 0 saturated carbocycles. The summed E-state index contributed by atoms with van der Waals surface area (Å²) in [6.45, 7) is 2.51. The summed E-state index contributed by atoms with van der Waals surface area (Å²) in [6.07, 6.45) is 1.56. The molecule has 0 aliphatic carbocycles. The van der Waals surface area contributed by atoms with Gasteiger partial charge in [0, 0.05) is 19.2 Å². The summed E-state index contributed by atoms with van der Waals surface area (Å²) in [5.41, 5.74) is 0. The lowest BCUT2D eigenvalue weighted by Crippen LogP contribution is -2.33. The van der Waals surface area contributed by atoms with Gasteiger partial charge >= 0.3 is 0 Å². The van der Waals surface area contributed by atoms with Gasteiger partial charge in [0.1, 0.15) is 11.6 Å². The summed E-state index contributed by atoms with van der Waals surface area (Å²) < 4.78 is 18.0. The highest BCUT2D eigenvalue weighted by atomic mass is 19.1. The number of carbonyl (C=O) groups excluding carboxylic acids is 1. The molecule has 1 aromatic carbocycles. The second-order valence-corrected chi connectivity index (χ2v) is 4.34. The molecule has 4 nitrogen and oxygen atoms in total. The van der Waals surface area contributed by atoms with Gasteiger partial charge in [-0.3, -0.25) is 4.79 Å². The Kier molecular flexibility index (Phi) is 6.89. The number of benzene rings is 1. The average molecular weight is 269 g/mol. The molecule has 0 aromatic heterocycles. The van der Waals surface area contributed by atoms with Gasteiger partial charge in [0.25, 0.3) is 5.91 Å². The van der Waals surface area contributed by atoms with E-state index in [1.165, 1.54) is 18.2 Å². The van der Waals surface area contributed by atoms with E-state index in [9.17, 15) is 9.18 Å². The van der Waals surface area contributed by atoms with Crippen LogP contribution in [0.1, 0.15) is 19.8 Å². The standard InChI is InChI=1S/C14H20FNO3/c1-2-11(6-7-17)9-16-14(18)10-19-13-5-3-4-12(15)8-13/h3-5,8,11,17H,2,6-7,9-10H2,1H3,(H,16,18). The minimum atomic E-state index is -0.396. The topological polar surface area (TPSA) is 58.6 Å². The molecule has 1 atom stereocenters. The molecule has 0 aliphatic rings. The molecular formula is C14H20FNO3. The highest BCUT2D eigenvalue weighted by Gasteiger charge is 2.08. The molecule has 5 heteroatoms. The highest BCUT2D eigenvalue weighted by Crippen LogP contribution is 2.11. The number of amides is 1. The SMILES string of the molecule is CCC(CCO)CNC(=O)COc1cccc(F)c1. The van der Waals surface area contributed by atoms with Crippen molar-refractivity contribution in [2.45, 2.75) is 19.8 Å². The van der Waals surface area contributed by atoms with Crippen molar-refractivity contribution in [1.29, 1.82) is 0 Å². The van der Waals surface area contributed by atoms with Crippen molar-refractivity contribution >= 4 is 5.91 Å². The van der Waals surface area contributed by atoms with Crippen molar-refractivity contribution < 1.29 is 19.0 Å². The third kappa shape index (κ3) is 6.20. The predicted molar refractivity (Wildman–Crippen MR) is 70.4 cm³/mol. The van der Waals surface area contributed by atoms with E-state index in [0.717, 1.165) is 6.42 Å². The summed E-state index contributed by atoms with van der Waals surface area (Å²) in [4.78, 5) is 11.5. The monoisotopic (exact) mass is 269 g/mol. The van der Waals surface area contributed by atoms with E-state index < -0.39 is 5.82 Å². The summed E-state index contributed by atoms with van der Waals surface area (Å²) in [6, 6.07) is 5.66. The van der Waals surface area contributed by atoms with Gasteiger partial charge < -0.3 is 15.2 Å². The highest BCUT2D eigenvalue weighted by molar-refractivity contribution is 5.77. The van der Waals surface area contributed by atoms with E-state index in [4.69, 9.17) is 9.84 Å². The van der Waals surface area contributed by atoms with Crippen molar-refractivity contribution in [3.8, 4) is 5.75 Å². The second-order valence-electron chi connectivity index (χ2n) is 4.34. The maximum Gasteiger partial charge on any atom is 0.257 e. The lowest BCUT2D eigenvalue weighted by Gasteiger charge is -2.14. The van der Waals surface area contributed by atoms with E-state index >= 15 is 0 Å². The maximum atomic E-state index is 12.9. The van der Waals surface area contributed by atoms with E-state index in [1.54, 1.807) is 6.07 Å². The Morgan fingerprint density at radius 1 is 1.53 bits per heavy atom. The van der Waals surface area contributed by atoms with Gasteiger partial charge in [-0.1, -0.05) is 19.4 Å². The van der Waals surface area contributed by atoms with Crippen LogP contribution in [0.5, 0.6) is 5.75 Å². The molecule has 0 fully saturated rings. The zero-order valence-corrected chi connectivity index (χ0v) is 11.1. The van der Waals surface area contributed by atoms with Crippen molar-refractivity contribution in [2.75, 3.05) is 19.8 Å². The Morgan fingerprint density at radius 3 is 2.95 bits per heavy atom. The molecule has 1 rings (SSSR count). The average Bonchev–Trinajstić information content (AvgIpc) is 2.41. The summed E-state index contributed by atoms with van der Waals surface area (Å²) in [5.74, 6) is -0.0479. The van der Waals surface area contributed by atoms with Crippen LogP contribution in [0.15, 0.2) is 24.3 Å². The molecule has 0 aliphatic heterocycles. The van der Waals surface area contributed by atoms with Crippen molar-refractivity contribution in [3.05, 3.63) is 30.1 Å². The Hall–Kier alpha value is -1.62. The first-order chi connectivity index (χ1) is 9.15. The van der Waals surface area contributed by atoms with Crippen LogP contribution >= 0.6 is 0 Å². The normalized spacial score (nSPS) is 11.9. The Morgan fingerprint density at radius 2 is 2.32 bits per heavy atom. The van der Waals surface area contributed by atoms with Crippen LogP contribution < -0.4 is 10.1 Å². The third-order valence-corrected chi connectivity index (χ3v) is 2.87. The van der Waals surface area contributed by atoms with E-state index in [0.29, 0.717) is 18.7 Å². The largest absolute Gasteiger partial charge is 0.484 e. The zero-order valence-electron chi connectivity index (χ0n) is 11.1. The molecule has 0 spiro atoms. The minimum absolute atomic E-state index is 0.119. The predicted octanol–water partition coefficient (Wildman–Crippen LogP) is 1.73. The number of ether oxygens (including phenoxy) is 1. The molecule has 106 valence electrons. The van der Waals surface area contributed by atoms with Crippen LogP contribution in [0, 0.1) is 11.7 Å². The molecule has 0 radical (unpaired) electrons. The smallest absolute Gasteiger partial charge is 0.257 e. The fourth-order valence-corrected chi connectivity index (χ4v) is 1.65. The Balaban J connectivity index is 2.28. The quantitative estimate of drug-likeness (QED) is 0.755. The summed E-state index contributed by atoms with van der Waals surface area (Å²) >= 11 is 0. The van der Waals surface area contributed by atoms with Crippen LogP contribution in [0.25, 0.3) is 0 Å². The number of hydrogen-bond acceptors (Lipinski definition) is 3. The minimum Gasteiger partial charge on any atom is -0.484 e. The first-order valence-electron chi connectivity index (χ1n) is 6.41. The van der Waals surface area contributed by atoms with Crippen molar-refractivity contribution in [1.82, 2.24) is 5.32 Å². The molecule has 0 saturated heterocycles.